The van der Waals surface area contributed by atoms with Crippen LogP contribution in [0.1, 0.15) is 64.7 Å². The standard InChI is InChI=1S/C18H29NO2/c1-2-3-4-5-6-7-8-12-15-17(20)18(21)19-16-13-10-9-11-14-16/h9-11,13-14,17,20H,2-8,12,15H2,1H3,(H,19,21). The molecule has 2 N–H and O–H groups in total. The highest BCUT2D eigenvalue weighted by Gasteiger charge is 2.14. The maximum Gasteiger partial charge on any atom is 0.253 e. The molecular weight excluding hydrogens is 262 g/mol. The first-order valence-corrected chi connectivity index (χ1v) is 8.28. The van der Waals surface area contributed by atoms with Gasteiger partial charge in [-0.15, -0.1) is 0 Å². The maximum absolute atomic E-state index is 11.8. The quantitative estimate of drug-likeness (QED) is 0.589. The Balaban J connectivity index is 2.05. The van der Waals surface area contributed by atoms with Crippen LogP contribution in [0.25, 0.3) is 0 Å². The molecule has 0 aliphatic heterocycles. The van der Waals surface area contributed by atoms with Gasteiger partial charge < -0.3 is 10.4 Å². The van der Waals surface area contributed by atoms with Crippen LogP contribution in [0.3, 0.4) is 0 Å². The van der Waals surface area contributed by atoms with Crippen LogP contribution in [0.2, 0.25) is 0 Å². The number of hydrogen-bond acceptors (Lipinski definition) is 2. The van der Waals surface area contributed by atoms with Crippen LogP contribution in [0.15, 0.2) is 30.3 Å². The third kappa shape index (κ3) is 8.51. The van der Waals surface area contributed by atoms with Gasteiger partial charge in [0.15, 0.2) is 0 Å². The Labute approximate surface area is 128 Å². The first-order valence-electron chi connectivity index (χ1n) is 8.28. The predicted molar refractivity (Wildman–Crippen MR) is 88.3 cm³/mol. The lowest BCUT2D eigenvalue weighted by Crippen LogP contribution is -2.27. The number of benzene rings is 1. The van der Waals surface area contributed by atoms with Crippen LogP contribution >= 0.6 is 0 Å². The summed E-state index contributed by atoms with van der Waals surface area (Å²) in [6, 6.07) is 9.26. The number of hydrogen-bond donors (Lipinski definition) is 2. The average molecular weight is 291 g/mol. The van der Waals surface area contributed by atoms with E-state index in [-0.39, 0.29) is 5.91 Å². The third-order valence-corrected chi connectivity index (χ3v) is 3.68. The maximum atomic E-state index is 11.8. The van der Waals surface area contributed by atoms with Gasteiger partial charge in [-0.2, -0.15) is 0 Å². The van der Waals surface area contributed by atoms with Crippen molar-refractivity contribution in [3.63, 3.8) is 0 Å². The minimum atomic E-state index is -0.898. The van der Waals surface area contributed by atoms with E-state index >= 15 is 0 Å². The molecule has 0 aliphatic carbocycles. The zero-order valence-electron chi connectivity index (χ0n) is 13.2. The Morgan fingerprint density at radius 2 is 1.57 bits per heavy atom. The number of carbonyl (C=O) groups excluding carboxylic acids is 1. The predicted octanol–water partition coefficient (Wildman–Crippen LogP) is 4.52. The van der Waals surface area contributed by atoms with E-state index in [1.165, 1.54) is 38.5 Å². The van der Waals surface area contributed by atoms with Gasteiger partial charge in [-0.05, 0) is 18.6 Å². The van der Waals surface area contributed by atoms with Crippen LogP contribution in [-0.2, 0) is 4.79 Å². The molecule has 1 atom stereocenters. The minimum Gasteiger partial charge on any atom is -0.383 e. The van der Waals surface area contributed by atoms with E-state index in [4.69, 9.17) is 0 Å². The van der Waals surface area contributed by atoms with Crippen LogP contribution < -0.4 is 5.32 Å². The molecule has 0 saturated heterocycles. The molecule has 0 radical (unpaired) electrons. The molecule has 0 saturated carbocycles. The third-order valence-electron chi connectivity index (χ3n) is 3.68. The molecule has 1 rings (SSSR count). The SMILES string of the molecule is CCCCCCCCCCC(O)C(=O)Nc1ccccc1. The van der Waals surface area contributed by atoms with Crippen LogP contribution in [0.4, 0.5) is 5.69 Å². The van der Waals surface area contributed by atoms with Crippen molar-refractivity contribution in [3.8, 4) is 0 Å². The summed E-state index contributed by atoms with van der Waals surface area (Å²) in [7, 11) is 0. The van der Waals surface area contributed by atoms with Crippen molar-refractivity contribution in [2.75, 3.05) is 5.32 Å². The van der Waals surface area contributed by atoms with E-state index in [9.17, 15) is 9.90 Å². The zero-order valence-corrected chi connectivity index (χ0v) is 13.2. The molecule has 3 nitrogen and oxygen atoms in total. The number of nitrogens with one attached hydrogen (secondary N) is 1. The Bertz CT molecular complexity index is 378. The first kappa shape index (κ1) is 17.7. The monoisotopic (exact) mass is 291 g/mol. The second-order valence-electron chi connectivity index (χ2n) is 5.63. The number of rotatable bonds is 11. The van der Waals surface area contributed by atoms with Crippen molar-refractivity contribution in [1.29, 1.82) is 0 Å². The molecule has 118 valence electrons. The van der Waals surface area contributed by atoms with Crippen molar-refractivity contribution in [3.05, 3.63) is 30.3 Å². The molecule has 0 heterocycles. The van der Waals surface area contributed by atoms with Crippen molar-refractivity contribution in [1.82, 2.24) is 0 Å². The summed E-state index contributed by atoms with van der Waals surface area (Å²) in [6.07, 6.45) is 9.39. The first-order chi connectivity index (χ1) is 10.2. The number of unbranched alkanes of at least 4 members (excludes halogenated alkanes) is 7. The van der Waals surface area contributed by atoms with Crippen molar-refractivity contribution in [2.45, 2.75) is 70.8 Å². The Morgan fingerprint density at radius 3 is 2.19 bits per heavy atom. The van der Waals surface area contributed by atoms with E-state index in [1.54, 1.807) is 0 Å². The second-order valence-corrected chi connectivity index (χ2v) is 5.63. The number of aliphatic hydroxyl groups excluding tert-OH is 1. The van der Waals surface area contributed by atoms with Gasteiger partial charge in [0.25, 0.3) is 5.91 Å². The van der Waals surface area contributed by atoms with Crippen LogP contribution in [0.5, 0.6) is 0 Å². The van der Waals surface area contributed by atoms with Gasteiger partial charge in [0, 0.05) is 5.69 Å². The van der Waals surface area contributed by atoms with E-state index in [0.29, 0.717) is 6.42 Å². The average Bonchev–Trinajstić information content (AvgIpc) is 2.50. The lowest BCUT2D eigenvalue weighted by molar-refractivity contribution is -0.124. The summed E-state index contributed by atoms with van der Waals surface area (Å²) in [5, 5.41) is 12.6. The van der Waals surface area contributed by atoms with Crippen molar-refractivity contribution >= 4 is 11.6 Å². The van der Waals surface area contributed by atoms with Gasteiger partial charge in [-0.3, -0.25) is 4.79 Å². The fourth-order valence-electron chi connectivity index (χ4n) is 2.35. The molecule has 0 bridgehead atoms. The largest absolute Gasteiger partial charge is 0.383 e. The summed E-state index contributed by atoms with van der Waals surface area (Å²) < 4.78 is 0. The number of aliphatic hydroxyl groups is 1. The summed E-state index contributed by atoms with van der Waals surface area (Å²) in [5.41, 5.74) is 0.734. The van der Waals surface area contributed by atoms with E-state index < -0.39 is 6.10 Å². The van der Waals surface area contributed by atoms with Gasteiger partial charge in [-0.25, -0.2) is 0 Å². The van der Waals surface area contributed by atoms with E-state index in [0.717, 1.165) is 18.5 Å². The second kappa shape index (κ2) is 11.3. The number of para-hydroxylation sites is 1. The van der Waals surface area contributed by atoms with Crippen LogP contribution in [-0.4, -0.2) is 17.1 Å². The van der Waals surface area contributed by atoms with Gasteiger partial charge in [-0.1, -0.05) is 76.5 Å². The van der Waals surface area contributed by atoms with Crippen LogP contribution in [0, 0.1) is 0 Å². The summed E-state index contributed by atoms with van der Waals surface area (Å²) in [6.45, 7) is 2.22. The fraction of sp³-hybridized carbons (Fsp3) is 0.611. The molecule has 0 aromatic heterocycles. The topological polar surface area (TPSA) is 49.3 Å². The highest BCUT2D eigenvalue weighted by Crippen LogP contribution is 2.12. The molecular formula is C18H29NO2. The van der Waals surface area contributed by atoms with E-state index in [1.807, 2.05) is 30.3 Å². The molecule has 3 heteroatoms. The normalized spacial score (nSPS) is 12.1. The summed E-state index contributed by atoms with van der Waals surface area (Å²) in [4.78, 5) is 11.8. The molecule has 1 aromatic carbocycles. The highest BCUT2D eigenvalue weighted by atomic mass is 16.3. The molecule has 1 amide bonds. The van der Waals surface area contributed by atoms with Gasteiger partial charge in [0.1, 0.15) is 6.10 Å². The number of amides is 1. The molecule has 21 heavy (non-hydrogen) atoms. The Hall–Kier alpha value is -1.35. The molecule has 1 aromatic rings. The smallest absolute Gasteiger partial charge is 0.253 e. The Morgan fingerprint density at radius 1 is 1.00 bits per heavy atom. The van der Waals surface area contributed by atoms with E-state index in [2.05, 4.69) is 12.2 Å². The molecule has 0 spiro atoms. The lowest BCUT2D eigenvalue weighted by Gasteiger charge is -2.11. The summed E-state index contributed by atoms with van der Waals surface area (Å²) in [5.74, 6) is -0.302. The molecule has 0 fully saturated rings. The van der Waals surface area contributed by atoms with Gasteiger partial charge in [0.2, 0.25) is 0 Å². The van der Waals surface area contributed by atoms with Crippen molar-refractivity contribution < 1.29 is 9.90 Å². The summed E-state index contributed by atoms with van der Waals surface area (Å²) >= 11 is 0. The minimum absolute atomic E-state index is 0.302. The molecule has 0 aliphatic rings. The molecule has 1 unspecified atom stereocenters. The number of anilines is 1. The fourth-order valence-corrected chi connectivity index (χ4v) is 2.35. The zero-order chi connectivity index (χ0) is 15.3. The highest BCUT2D eigenvalue weighted by molar-refractivity contribution is 5.93. The Kier molecular flexibility index (Phi) is 9.55. The van der Waals surface area contributed by atoms with Crippen molar-refractivity contribution in [2.24, 2.45) is 0 Å². The van der Waals surface area contributed by atoms with Gasteiger partial charge >= 0.3 is 0 Å². The van der Waals surface area contributed by atoms with Gasteiger partial charge in [0.05, 0.1) is 0 Å². The lowest BCUT2D eigenvalue weighted by atomic mass is 10.1. The number of carbonyl (C=O) groups is 1.